The highest BCUT2D eigenvalue weighted by atomic mass is 16.5. The van der Waals surface area contributed by atoms with Crippen molar-refractivity contribution in [3.63, 3.8) is 0 Å². The summed E-state index contributed by atoms with van der Waals surface area (Å²) in [4.78, 5) is 30.0. The van der Waals surface area contributed by atoms with Crippen LogP contribution in [0.15, 0.2) is 22.7 Å². The number of rotatable bonds is 7. The molecule has 1 aromatic heterocycles. The van der Waals surface area contributed by atoms with E-state index in [2.05, 4.69) is 19.0 Å². The molecule has 152 valence electrons. The van der Waals surface area contributed by atoms with Gasteiger partial charge in [-0.15, -0.1) is 0 Å². The molecule has 1 spiro atoms. The number of nitrogens with zero attached hydrogens (tertiary/aromatic N) is 3. The maximum absolute atomic E-state index is 13.3. The molecule has 1 aromatic rings. The molecule has 2 amide bonds. The van der Waals surface area contributed by atoms with Crippen molar-refractivity contribution in [3.8, 4) is 0 Å². The minimum Gasteiger partial charge on any atom is -0.360 e. The van der Waals surface area contributed by atoms with Gasteiger partial charge in [0.2, 0.25) is 11.8 Å². The second-order valence-electron chi connectivity index (χ2n) is 8.43. The molecular weight excluding hydrogens is 358 g/mol. The van der Waals surface area contributed by atoms with Crippen molar-refractivity contribution in [3.05, 3.63) is 29.7 Å². The first-order valence-electron chi connectivity index (χ1n) is 10.2. The minimum absolute atomic E-state index is 0.0565. The van der Waals surface area contributed by atoms with Crippen LogP contribution in [0.3, 0.4) is 0 Å². The fourth-order valence-electron chi connectivity index (χ4n) is 4.93. The molecule has 7 nitrogen and oxygen atoms in total. The van der Waals surface area contributed by atoms with E-state index in [9.17, 15) is 9.59 Å². The Balaban J connectivity index is 1.52. The first-order chi connectivity index (χ1) is 13.4. The van der Waals surface area contributed by atoms with Gasteiger partial charge in [0.1, 0.15) is 5.60 Å². The third-order valence-electron chi connectivity index (χ3n) is 6.54. The molecule has 2 saturated heterocycles. The highest BCUT2D eigenvalue weighted by Gasteiger charge is 2.67. The van der Waals surface area contributed by atoms with Gasteiger partial charge in [-0.2, -0.15) is 0 Å². The second kappa shape index (κ2) is 7.03. The molecule has 4 atom stereocenters. The topological polar surface area (TPSA) is 75.9 Å². The molecule has 0 unspecified atom stereocenters. The van der Waals surface area contributed by atoms with Crippen LogP contribution in [0.2, 0.25) is 0 Å². The molecule has 0 N–H and O–H groups in total. The van der Waals surface area contributed by atoms with Crippen LogP contribution in [0, 0.1) is 24.7 Å². The summed E-state index contributed by atoms with van der Waals surface area (Å²) in [5, 5.41) is 3.87. The number of likely N-dealkylation sites (tertiary alicyclic amines) is 1. The highest BCUT2D eigenvalue weighted by Crippen LogP contribution is 2.52. The summed E-state index contributed by atoms with van der Waals surface area (Å²) >= 11 is 0. The minimum atomic E-state index is -0.641. The van der Waals surface area contributed by atoms with Crippen LogP contribution < -0.4 is 0 Å². The second-order valence-corrected chi connectivity index (χ2v) is 8.43. The van der Waals surface area contributed by atoms with E-state index in [4.69, 9.17) is 9.26 Å². The van der Waals surface area contributed by atoms with Crippen LogP contribution in [0.25, 0.3) is 0 Å². The summed E-state index contributed by atoms with van der Waals surface area (Å²) in [6, 6.07) is 1.82. The average molecular weight is 387 g/mol. The van der Waals surface area contributed by atoms with Crippen molar-refractivity contribution in [2.24, 2.45) is 17.8 Å². The predicted octanol–water partition coefficient (Wildman–Crippen LogP) is 2.16. The molecule has 28 heavy (non-hydrogen) atoms. The molecule has 0 saturated carbocycles. The van der Waals surface area contributed by atoms with Crippen molar-refractivity contribution >= 4 is 11.8 Å². The monoisotopic (exact) mass is 387 g/mol. The van der Waals surface area contributed by atoms with Gasteiger partial charge in [-0.25, -0.2) is 0 Å². The van der Waals surface area contributed by atoms with Gasteiger partial charge in [0.15, 0.2) is 5.76 Å². The van der Waals surface area contributed by atoms with Crippen LogP contribution in [-0.4, -0.2) is 58.6 Å². The summed E-state index contributed by atoms with van der Waals surface area (Å²) in [6.45, 7) is 7.77. The van der Waals surface area contributed by atoms with Gasteiger partial charge >= 0.3 is 0 Å². The number of fused-ring (bicyclic) bond motifs is 1. The zero-order valence-corrected chi connectivity index (χ0v) is 17.1. The van der Waals surface area contributed by atoms with Gasteiger partial charge in [0, 0.05) is 19.7 Å². The summed E-state index contributed by atoms with van der Waals surface area (Å²) in [7, 11) is 1.74. The standard InChI is InChI=1S/C21H29N3O4/c1-5-14(6-2)10-24-12-21-8-7-16(27-21)17(18(21)20(24)26)19(25)23(4)11-15-9-13(3)22-28-15/h7-9,14,16-18H,5-6,10-12H2,1-4H3/t16-,17+,18+,21-/m0/s1. The molecule has 3 aliphatic heterocycles. The van der Waals surface area contributed by atoms with Gasteiger partial charge in [-0.05, 0) is 12.8 Å². The van der Waals surface area contributed by atoms with Gasteiger partial charge in [-0.1, -0.05) is 44.0 Å². The molecule has 4 rings (SSSR count). The lowest BCUT2D eigenvalue weighted by Crippen LogP contribution is -2.44. The van der Waals surface area contributed by atoms with Crippen LogP contribution in [0.5, 0.6) is 0 Å². The van der Waals surface area contributed by atoms with Crippen molar-refractivity contribution < 1.29 is 18.8 Å². The van der Waals surface area contributed by atoms with E-state index >= 15 is 0 Å². The van der Waals surface area contributed by atoms with E-state index in [1.165, 1.54) is 0 Å². The van der Waals surface area contributed by atoms with Crippen molar-refractivity contribution in [1.29, 1.82) is 0 Å². The van der Waals surface area contributed by atoms with E-state index in [0.29, 0.717) is 24.8 Å². The number of aromatic nitrogens is 1. The number of carbonyl (C=O) groups excluding carboxylic acids is 2. The molecule has 4 heterocycles. The van der Waals surface area contributed by atoms with Crippen LogP contribution >= 0.6 is 0 Å². The number of hydrogen-bond donors (Lipinski definition) is 0. The van der Waals surface area contributed by atoms with Crippen molar-refractivity contribution in [2.45, 2.75) is 51.9 Å². The lowest BCUT2D eigenvalue weighted by molar-refractivity contribution is -0.143. The Morgan fingerprint density at radius 2 is 2.18 bits per heavy atom. The molecule has 2 fully saturated rings. The van der Waals surface area contributed by atoms with Gasteiger partial charge in [-0.3, -0.25) is 9.59 Å². The highest BCUT2D eigenvalue weighted by molar-refractivity contribution is 5.93. The lowest BCUT2D eigenvalue weighted by Gasteiger charge is -2.27. The third-order valence-corrected chi connectivity index (χ3v) is 6.54. The fraction of sp³-hybridized carbons (Fsp3) is 0.667. The lowest BCUT2D eigenvalue weighted by atomic mass is 9.76. The number of aryl methyl sites for hydroxylation is 1. The Kier molecular flexibility index (Phi) is 4.81. The zero-order chi connectivity index (χ0) is 20.1. The normalized spacial score (nSPS) is 30.5. The zero-order valence-electron chi connectivity index (χ0n) is 17.1. The Morgan fingerprint density at radius 1 is 1.43 bits per heavy atom. The largest absolute Gasteiger partial charge is 0.360 e. The fourth-order valence-corrected chi connectivity index (χ4v) is 4.93. The Bertz CT molecular complexity index is 799. The first kappa shape index (κ1) is 19.2. The molecule has 0 radical (unpaired) electrons. The molecule has 3 aliphatic rings. The van der Waals surface area contributed by atoms with Gasteiger partial charge in [0.05, 0.1) is 36.7 Å². The Morgan fingerprint density at radius 3 is 2.82 bits per heavy atom. The number of hydrogen-bond acceptors (Lipinski definition) is 5. The summed E-state index contributed by atoms with van der Waals surface area (Å²) < 4.78 is 11.5. The SMILES string of the molecule is CCC(CC)CN1C[C@]23C=C[C@H](O2)[C@@H](C(=O)N(C)Cc2cc(C)no2)[C@@H]3C1=O. The van der Waals surface area contributed by atoms with Crippen LogP contribution in [0.4, 0.5) is 0 Å². The average Bonchev–Trinajstić information content (AvgIpc) is 3.41. The number of carbonyl (C=O) groups is 2. The van der Waals surface area contributed by atoms with E-state index in [-0.39, 0.29) is 17.9 Å². The van der Waals surface area contributed by atoms with Crippen LogP contribution in [-0.2, 0) is 20.9 Å². The molecular formula is C21H29N3O4. The Labute approximate surface area is 165 Å². The summed E-state index contributed by atoms with van der Waals surface area (Å²) in [5.74, 6) is 0.193. The van der Waals surface area contributed by atoms with Gasteiger partial charge in [0.25, 0.3) is 0 Å². The first-order valence-corrected chi connectivity index (χ1v) is 10.2. The van der Waals surface area contributed by atoms with Crippen molar-refractivity contribution in [1.82, 2.24) is 15.0 Å². The van der Waals surface area contributed by atoms with Crippen molar-refractivity contribution in [2.75, 3.05) is 20.1 Å². The predicted molar refractivity (Wildman–Crippen MR) is 102 cm³/mol. The summed E-state index contributed by atoms with van der Waals surface area (Å²) in [6.07, 6.45) is 5.73. The smallest absolute Gasteiger partial charge is 0.230 e. The molecule has 0 aliphatic carbocycles. The van der Waals surface area contributed by atoms with E-state index in [1.54, 1.807) is 11.9 Å². The molecule has 7 heteroatoms. The quantitative estimate of drug-likeness (QED) is 0.670. The molecule has 2 bridgehead atoms. The maximum Gasteiger partial charge on any atom is 0.230 e. The van der Waals surface area contributed by atoms with E-state index in [0.717, 1.165) is 25.1 Å². The van der Waals surface area contributed by atoms with Gasteiger partial charge < -0.3 is 19.1 Å². The number of ether oxygens (including phenoxy) is 1. The van der Waals surface area contributed by atoms with E-state index in [1.807, 2.05) is 30.0 Å². The van der Waals surface area contributed by atoms with E-state index < -0.39 is 17.4 Å². The molecule has 0 aromatic carbocycles. The third kappa shape index (κ3) is 2.96. The maximum atomic E-state index is 13.3. The Hall–Kier alpha value is -2.15. The van der Waals surface area contributed by atoms with Crippen LogP contribution in [0.1, 0.15) is 38.1 Å². The summed E-state index contributed by atoms with van der Waals surface area (Å²) in [5.41, 5.74) is 0.140. The number of amides is 2.